The van der Waals surface area contributed by atoms with Gasteiger partial charge in [0.15, 0.2) is 5.13 Å². The molecule has 4 N–H and O–H groups in total. The second-order valence-electron chi connectivity index (χ2n) is 8.68. The number of hydrogen-bond acceptors (Lipinski definition) is 10. The number of aromatic nitrogens is 3. The summed E-state index contributed by atoms with van der Waals surface area (Å²) >= 11 is 1.08. The highest BCUT2D eigenvalue weighted by molar-refractivity contribution is 7.89. The molecule has 0 bridgehead atoms. The number of halogens is 4. The van der Waals surface area contributed by atoms with Crippen molar-refractivity contribution in [3.63, 3.8) is 0 Å². The van der Waals surface area contributed by atoms with Crippen LogP contribution in [0.4, 0.5) is 22.7 Å². The topological polar surface area (TPSA) is 172 Å². The maximum absolute atomic E-state index is 13.1. The molecule has 2 aromatic heterocycles. The number of fused-ring (bicyclic) bond motifs is 1. The molecule has 4 aromatic rings. The molecule has 0 radical (unpaired) electrons. The molecule has 1 atom stereocenters. The van der Waals surface area contributed by atoms with Gasteiger partial charge in [-0.25, -0.2) is 22.9 Å². The van der Waals surface area contributed by atoms with E-state index in [1.165, 1.54) is 30.5 Å². The normalized spacial score (nSPS) is 16.1. The van der Waals surface area contributed by atoms with Gasteiger partial charge in [0, 0.05) is 26.2 Å². The van der Waals surface area contributed by atoms with Crippen molar-refractivity contribution in [1.82, 2.24) is 19.5 Å². The first kappa shape index (κ1) is 30.8. The summed E-state index contributed by atoms with van der Waals surface area (Å²) in [6.45, 7) is 0.212. The number of ether oxygens (including phenoxy) is 1. The van der Waals surface area contributed by atoms with Crippen molar-refractivity contribution in [3.8, 4) is 5.75 Å². The van der Waals surface area contributed by atoms with Gasteiger partial charge in [0.2, 0.25) is 10.0 Å². The van der Waals surface area contributed by atoms with E-state index in [-0.39, 0.29) is 30.3 Å². The summed E-state index contributed by atoms with van der Waals surface area (Å²) < 4.78 is 78.9. The third kappa shape index (κ3) is 7.19. The van der Waals surface area contributed by atoms with Gasteiger partial charge in [-0.05, 0) is 42.0 Å². The smallest absolute Gasteiger partial charge is 0.480 e. The minimum atomic E-state index is -4.63. The number of anilines is 1. The van der Waals surface area contributed by atoms with E-state index >= 15 is 0 Å². The number of nitrogens with two attached hydrogens (primary N) is 1. The molecular weight excluding hydrogens is 608 g/mol. The zero-order chi connectivity index (χ0) is 30.7. The second-order valence-corrected chi connectivity index (χ2v) is 11.5. The third-order valence-corrected chi connectivity index (χ3v) is 8.95. The van der Waals surface area contributed by atoms with Crippen LogP contribution in [-0.2, 0) is 21.4 Å². The molecule has 18 heteroatoms. The lowest BCUT2D eigenvalue weighted by molar-refractivity contribution is -0.274. The Morgan fingerprint density at radius 3 is 2.38 bits per heavy atom. The van der Waals surface area contributed by atoms with E-state index in [0.29, 0.717) is 21.9 Å². The molecule has 1 aliphatic rings. The molecule has 12 nitrogen and oxygen atoms in total. The highest BCUT2D eigenvalue weighted by Crippen LogP contribution is 2.30. The summed E-state index contributed by atoms with van der Waals surface area (Å²) in [5, 5.41) is 16.0. The van der Waals surface area contributed by atoms with Gasteiger partial charge in [0.1, 0.15) is 27.8 Å². The second kappa shape index (κ2) is 12.4. The third-order valence-electron chi connectivity index (χ3n) is 5.90. The molecule has 2 aromatic carbocycles. The highest BCUT2D eigenvalue weighted by atomic mass is 32.2. The van der Waals surface area contributed by atoms with Crippen LogP contribution in [0.1, 0.15) is 5.56 Å². The zero-order valence-electron chi connectivity index (χ0n) is 21.3. The minimum absolute atomic E-state index is 0.110. The van der Waals surface area contributed by atoms with Crippen LogP contribution in [0.2, 0.25) is 0 Å². The first-order valence-corrected chi connectivity index (χ1v) is 14.2. The van der Waals surface area contributed by atoms with Crippen molar-refractivity contribution >= 4 is 42.7 Å². The van der Waals surface area contributed by atoms with E-state index in [9.17, 15) is 40.7 Å². The standard InChI is InChI=1S/C16H14FN5O5S2.C8H8F3NO/c17-9-1-3-10(4-2-9)29(26,27)22-6-5-21(8-12(22)15(24)25)16-19-11-7-18-20-14(23)13(11)28-16;9-8(10,11)13-7-3-1-6(5-12)2-4-7/h1-4,7,12H,5-6,8H2,(H,20,23)(H,24,25);1-4H,5,12H2/t12-;/m1./s1. The van der Waals surface area contributed by atoms with Crippen LogP contribution in [0.5, 0.6) is 5.75 Å². The average molecular weight is 631 g/mol. The fourth-order valence-corrected chi connectivity index (χ4v) is 6.43. The number of piperazine rings is 1. The number of sulfonamides is 1. The summed E-state index contributed by atoms with van der Waals surface area (Å²) in [6.07, 6.45) is -3.25. The lowest BCUT2D eigenvalue weighted by Crippen LogP contribution is -2.58. The van der Waals surface area contributed by atoms with Crippen LogP contribution in [0.3, 0.4) is 0 Å². The number of nitrogens with zero attached hydrogens (tertiary/aromatic N) is 4. The van der Waals surface area contributed by atoms with Crippen molar-refractivity contribution < 1.29 is 40.6 Å². The Morgan fingerprint density at radius 1 is 1.14 bits per heavy atom. The summed E-state index contributed by atoms with van der Waals surface area (Å²) in [4.78, 5) is 29.4. The maximum Gasteiger partial charge on any atom is 0.573 e. The Bertz CT molecular complexity index is 1710. The van der Waals surface area contributed by atoms with Crippen LogP contribution in [0.25, 0.3) is 10.2 Å². The highest BCUT2D eigenvalue weighted by Gasteiger charge is 2.41. The minimum Gasteiger partial charge on any atom is -0.480 e. The van der Waals surface area contributed by atoms with Gasteiger partial charge in [0.05, 0.1) is 11.1 Å². The molecule has 5 rings (SSSR count). The number of aliphatic carboxylic acids is 1. The van der Waals surface area contributed by atoms with Gasteiger partial charge in [0.25, 0.3) is 5.56 Å². The molecule has 0 amide bonds. The Morgan fingerprint density at radius 2 is 1.81 bits per heavy atom. The van der Waals surface area contributed by atoms with E-state index in [1.807, 2.05) is 0 Å². The van der Waals surface area contributed by atoms with E-state index in [2.05, 4.69) is 19.9 Å². The number of H-pyrrole nitrogens is 1. The average Bonchev–Trinajstić information content (AvgIpc) is 3.39. The molecule has 1 aliphatic heterocycles. The van der Waals surface area contributed by atoms with Crippen LogP contribution in [0.15, 0.2) is 64.4 Å². The van der Waals surface area contributed by atoms with Crippen LogP contribution in [0, 0.1) is 5.82 Å². The quantitative estimate of drug-likeness (QED) is 0.269. The van der Waals surface area contributed by atoms with Gasteiger partial charge in [-0.1, -0.05) is 23.5 Å². The number of carbonyl (C=O) groups is 1. The fraction of sp³-hybridized carbons (Fsp3) is 0.250. The predicted molar refractivity (Wildman–Crippen MR) is 143 cm³/mol. The fourth-order valence-electron chi connectivity index (χ4n) is 3.91. The van der Waals surface area contributed by atoms with Gasteiger partial charge < -0.3 is 20.5 Å². The van der Waals surface area contributed by atoms with E-state index in [1.54, 1.807) is 4.90 Å². The predicted octanol–water partition coefficient (Wildman–Crippen LogP) is 2.53. The first-order chi connectivity index (χ1) is 19.8. The summed E-state index contributed by atoms with van der Waals surface area (Å²) in [5.41, 5.74) is 6.00. The van der Waals surface area contributed by atoms with Crippen molar-refractivity contribution in [1.29, 1.82) is 0 Å². The number of nitrogens with one attached hydrogen (secondary N) is 1. The molecular formula is C24H22F4N6O6S2. The molecule has 0 unspecified atom stereocenters. The van der Waals surface area contributed by atoms with Crippen molar-refractivity contribution in [3.05, 3.63) is 76.5 Å². The zero-order valence-corrected chi connectivity index (χ0v) is 22.9. The van der Waals surface area contributed by atoms with Crippen LogP contribution >= 0.6 is 11.3 Å². The first-order valence-electron chi connectivity index (χ1n) is 11.9. The number of carboxylic acid groups (broad SMARTS) is 1. The van der Waals surface area contributed by atoms with Gasteiger partial charge in [-0.15, -0.1) is 13.2 Å². The lowest BCUT2D eigenvalue weighted by atomic mass is 10.2. The molecule has 0 spiro atoms. The summed E-state index contributed by atoms with van der Waals surface area (Å²) in [6, 6.07) is 8.28. The van der Waals surface area contributed by atoms with E-state index in [4.69, 9.17) is 5.73 Å². The SMILES string of the molecule is NCc1ccc(OC(F)(F)F)cc1.O=C(O)[C@H]1CN(c2nc3cn[nH]c(=O)c3s2)CCN1S(=O)(=O)c1ccc(F)cc1. The largest absolute Gasteiger partial charge is 0.573 e. The molecule has 42 heavy (non-hydrogen) atoms. The molecule has 1 saturated heterocycles. The number of rotatable bonds is 6. The maximum atomic E-state index is 13.1. The number of thiazole rings is 1. The number of alkyl halides is 3. The molecule has 3 heterocycles. The van der Waals surface area contributed by atoms with Gasteiger partial charge >= 0.3 is 12.3 Å². The number of hydrogen-bond donors (Lipinski definition) is 3. The molecule has 1 fully saturated rings. The van der Waals surface area contributed by atoms with E-state index < -0.39 is 39.8 Å². The Balaban J connectivity index is 0.000000262. The van der Waals surface area contributed by atoms with Crippen molar-refractivity contribution in [2.45, 2.75) is 23.8 Å². The molecule has 0 aliphatic carbocycles. The van der Waals surface area contributed by atoms with Gasteiger partial charge in [-0.3, -0.25) is 9.59 Å². The number of aromatic amines is 1. The summed E-state index contributed by atoms with van der Waals surface area (Å²) in [7, 11) is -4.13. The monoisotopic (exact) mass is 630 g/mol. The Kier molecular flexibility index (Phi) is 9.09. The lowest BCUT2D eigenvalue weighted by Gasteiger charge is -2.38. The Hall–Kier alpha value is -4.13. The van der Waals surface area contributed by atoms with Crippen LogP contribution in [-0.4, -0.2) is 71.0 Å². The molecule has 224 valence electrons. The van der Waals surface area contributed by atoms with Crippen molar-refractivity contribution in [2.24, 2.45) is 5.73 Å². The Labute approximate surface area is 239 Å². The summed E-state index contributed by atoms with van der Waals surface area (Å²) in [5.74, 6) is -2.14. The number of carboxylic acids is 1. The van der Waals surface area contributed by atoms with Gasteiger partial charge in [-0.2, -0.15) is 9.40 Å². The van der Waals surface area contributed by atoms with Crippen LogP contribution < -0.4 is 20.9 Å². The molecule has 0 saturated carbocycles. The number of benzene rings is 2. The van der Waals surface area contributed by atoms with E-state index in [0.717, 1.165) is 45.5 Å². The van der Waals surface area contributed by atoms with Crippen molar-refractivity contribution in [2.75, 3.05) is 24.5 Å².